The van der Waals surface area contributed by atoms with Gasteiger partial charge < -0.3 is 14.7 Å². The molecular formula is C12H16ClN3O4. The minimum absolute atomic E-state index is 0.00463. The second-order valence-electron chi connectivity index (χ2n) is 4.50. The fraction of sp³-hybridized carbons (Fsp3) is 0.583. The van der Waals surface area contributed by atoms with Crippen molar-refractivity contribution in [1.82, 2.24) is 9.78 Å². The van der Waals surface area contributed by atoms with Crippen molar-refractivity contribution in [2.45, 2.75) is 25.9 Å². The average molecular weight is 302 g/mol. The normalized spacial score (nSPS) is 18.2. The van der Waals surface area contributed by atoms with Gasteiger partial charge in [0.05, 0.1) is 24.5 Å². The van der Waals surface area contributed by atoms with E-state index < -0.39 is 18.1 Å². The van der Waals surface area contributed by atoms with Crippen LogP contribution in [0.25, 0.3) is 0 Å². The first kappa shape index (κ1) is 14.8. The van der Waals surface area contributed by atoms with Crippen LogP contribution in [0.15, 0.2) is 11.0 Å². The number of nitrogens with zero attached hydrogens (tertiary/aromatic N) is 3. The van der Waals surface area contributed by atoms with Crippen molar-refractivity contribution in [1.29, 1.82) is 0 Å². The summed E-state index contributed by atoms with van der Waals surface area (Å²) >= 11 is 6.09. The first-order chi connectivity index (χ1) is 9.54. The molecule has 0 bridgehead atoms. The number of aliphatic carboxylic acids is 1. The Morgan fingerprint density at radius 2 is 2.45 bits per heavy atom. The van der Waals surface area contributed by atoms with Crippen molar-refractivity contribution in [3.05, 3.63) is 21.6 Å². The van der Waals surface area contributed by atoms with Gasteiger partial charge >= 0.3 is 5.97 Å². The maximum absolute atomic E-state index is 12.0. The molecule has 1 aromatic heterocycles. The molecule has 2 rings (SSSR count). The van der Waals surface area contributed by atoms with Crippen LogP contribution in [-0.4, -0.2) is 46.7 Å². The summed E-state index contributed by atoms with van der Waals surface area (Å²) < 4.78 is 6.18. The van der Waals surface area contributed by atoms with Gasteiger partial charge in [-0.1, -0.05) is 11.6 Å². The summed E-state index contributed by atoms with van der Waals surface area (Å²) in [5, 5.41) is 12.6. The van der Waals surface area contributed by atoms with E-state index >= 15 is 0 Å². The molecule has 1 aliphatic rings. The van der Waals surface area contributed by atoms with Crippen LogP contribution in [0.5, 0.6) is 0 Å². The third-order valence-corrected chi connectivity index (χ3v) is 3.60. The molecule has 1 saturated heterocycles. The van der Waals surface area contributed by atoms with E-state index in [1.807, 2.05) is 11.8 Å². The molecule has 0 aliphatic carbocycles. The number of halogens is 1. The van der Waals surface area contributed by atoms with Crippen molar-refractivity contribution < 1.29 is 14.6 Å². The number of carboxylic acids is 1. The zero-order valence-corrected chi connectivity index (χ0v) is 11.8. The summed E-state index contributed by atoms with van der Waals surface area (Å²) in [6.45, 7) is 3.39. The van der Waals surface area contributed by atoms with Gasteiger partial charge in [0.15, 0.2) is 0 Å². The molecule has 1 N–H and O–H groups in total. The van der Waals surface area contributed by atoms with Gasteiger partial charge in [-0.15, -0.1) is 0 Å². The Kier molecular flexibility index (Phi) is 4.61. The molecule has 1 aromatic rings. The number of anilines is 1. The predicted octanol–water partition coefficient (Wildman–Crippen LogP) is 0.596. The van der Waals surface area contributed by atoms with Crippen LogP contribution in [0.1, 0.15) is 13.3 Å². The lowest BCUT2D eigenvalue weighted by molar-refractivity contribution is -0.138. The van der Waals surface area contributed by atoms with Crippen molar-refractivity contribution in [3.63, 3.8) is 0 Å². The van der Waals surface area contributed by atoms with Gasteiger partial charge in [-0.05, 0) is 13.3 Å². The van der Waals surface area contributed by atoms with Gasteiger partial charge in [-0.2, -0.15) is 5.10 Å². The van der Waals surface area contributed by atoms with E-state index in [0.717, 1.165) is 11.1 Å². The first-order valence-electron chi connectivity index (χ1n) is 6.36. The van der Waals surface area contributed by atoms with Crippen LogP contribution in [0.2, 0.25) is 5.02 Å². The lowest BCUT2D eigenvalue weighted by atomic mass is 10.2. The zero-order valence-electron chi connectivity index (χ0n) is 11.1. The van der Waals surface area contributed by atoms with Gasteiger partial charge in [0, 0.05) is 13.2 Å². The summed E-state index contributed by atoms with van der Waals surface area (Å²) in [6.07, 6.45) is 2.30. The highest BCUT2D eigenvalue weighted by Gasteiger charge is 2.25. The molecule has 110 valence electrons. The molecule has 0 aromatic carbocycles. The van der Waals surface area contributed by atoms with E-state index in [2.05, 4.69) is 5.10 Å². The van der Waals surface area contributed by atoms with E-state index in [-0.39, 0.29) is 11.1 Å². The van der Waals surface area contributed by atoms with E-state index in [9.17, 15) is 9.59 Å². The second-order valence-corrected chi connectivity index (χ2v) is 4.88. The lowest BCUT2D eigenvalue weighted by Gasteiger charge is -2.29. The maximum atomic E-state index is 12.0. The zero-order chi connectivity index (χ0) is 14.7. The molecule has 7 nitrogen and oxygen atoms in total. The van der Waals surface area contributed by atoms with Gasteiger partial charge in [0.2, 0.25) is 0 Å². The fourth-order valence-corrected chi connectivity index (χ4v) is 2.55. The predicted molar refractivity (Wildman–Crippen MR) is 73.4 cm³/mol. The van der Waals surface area contributed by atoms with Crippen molar-refractivity contribution in [2.24, 2.45) is 0 Å². The van der Waals surface area contributed by atoms with Crippen molar-refractivity contribution in [3.8, 4) is 0 Å². The molecule has 0 saturated carbocycles. The molecule has 0 radical (unpaired) electrons. The Balaban J connectivity index is 2.34. The van der Waals surface area contributed by atoms with Crippen molar-refractivity contribution in [2.75, 3.05) is 24.7 Å². The molecule has 1 aliphatic heterocycles. The number of ether oxygens (including phenoxy) is 1. The Bertz CT molecular complexity index is 554. The van der Waals surface area contributed by atoms with E-state index in [1.54, 1.807) is 0 Å². The van der Waals surface area contributed by atoms with Gasteiger partial charge in [0.1, 0.15) is 11.6 Å². The van der Waals surface area contributed by atoms with Crippen LogP contribution < -0.4 is 10.5 Å². The highest BCUT2D eigenvalue weighted by molar-refractivity contribution is 6.33. The molecule has 1 unspecified atom stereocenters. The van der Waals surface area contributed by atoms with Crippen LogP contribution in [-0.2, 0) is 16.1 Å². The average Bonchev–Trinajstić information content (AvgIpc) is 2.92. The van der Waals surface area contributed by atoms with Gasteiger partial charge in [-0.25, -0.2) is 4.68 Å². The third kappa shape index (κ3) is 2.94. The monoisotopic (exact) mass is 301 g/mol. The molecule has 1 atom stereocenters. The van der Waals surface area contributed by atoms with Gasteiger partial charge in [-0.3, -0.25) is 9.59 Å². The summed E-state index contributed by atoms with van der Waals surface area (Å²) in [6, 6.07) is 0.161. The minimum atomic E-state index is -1.14. The highest BCUT2D eigenvalue weighted by Crippen LogP contribution is 2.25. The van der Waals surface area contributed by atoms with E-state index in [1.165, 1.54) is 6.20 Å². The number of hydrogen-bond acceptors (Lipinski definition) is 5. The van der Waals surface area contributed by atoms with Crippen LogP contribution in [0, 0.1) is 0 Å². The largest absolute Gasteiger partial charge is 0.480 e. The minimum Gasteiger partial charge on any atom is -0.480 e. The summed E-state index contributed by atoms with van der Waals surface area (Å²) in [5.41, 5.74) is -0.0692. The molecule has 2 heterocycles. The molecule has 1 fully saturated rings. The Morgan fingerprint density at radius 3 is 3.00 bits per heavy atom. The topological polar surface area (TPSA) is 84.7 Å². The molecule has 8 heteroatoms. The number of likely N-dealkylation sites (N-methyl/N-ethyl adjacent to an activating group) is 1. The maximum Gasteiger partial charge on any atom is 0.325 e. The fourth-order valence-electron chi connectivity index (χ4n) is 2.29. The van der Waals surface area contributed by atoms with Crippen LogP contribution in [0.4, 0.5) is 5.69 Å². The quantitative estimate of drug-likeness (QED) is 0.857. The van der Waals surface area contributed by atoms with Crippen LogP contribution >= 0.6 is 11.6 Å². The van der Waals surface area contributed by atoms with Crippen LogP contribution in [0.3, 0.4) is 0 Å². The number of carbonyl (C=O) groups is 1. The molecule has 20 heavy (non-hydrogen) atoms. The number of rotatable bonds is 5. The van der Waals surface area contributed by atoms with Gasteiger partial charge in [0.25, 0.3) is 5.56 Å². The van der Waals surface area contributed by atoms with E-state index in [0.29, 0.717) is 25.4 Å². The van der Waals surface area contributed by atoms with Crippen molar-refractivity contribution >= 4 is 23.3 Å². The number of hydrogen-bond donors (Lipinski definition) is 1. The smallest absolute Gasteiger partial charge is 0.325 e. The highest BCUT2D eigenvalue weighted by atomic mass is 35.5. The first-order valence-corrected chi connectivity index (χ1v) is 6.74. The third-order valence-electron chi connectivity index (χ3n) is 3.25. The standard InChI is InChI=1S/C12H16ClN3O4/c1-2-15(8-3-4-20-7-8)9-5-14-16(6-10(17)18)12(19)11(9)13/h5,8H,2-4,6-7H2,1H3,(H,17,18). The number of carboxylic acid groups (broad SMARTS) is 1. The summed E-state index contributed by atoms with van der Waals surface area (Å²) in [7, 11) is 0. The molecular weight excluding hydrogens is 286 g/mol. The Labute approximate surface area is 120 Å². The summed E-state index contributed by atoms with van der Waals surface area (Å²) in [5.74, 6) is -1.14. The van der Waals surface area contributed by atoms with E-state index in [4.69, 9.17) is 21.4 Å². The summed E-state index contributed by atoms with van der Waals surface area (Å²) in [4.78, 5) is 24.6. The lowest BCUT2D eigenvalue weighted by Crippen LogP contribution is -2.38. The molecule has 0 amide bonds. The second kappa shape index (κ2) is 6.23. The molecule has 0 spiro atoms. The Morgan fingerprint density at radius 1 is 1.70 bits per heavy atom. The Hall–Kier alpha value is -1.60. The number of aromatic nitrogens is 2. The SMILES string of the molecule is CCN(c1cnn(CC(=O)O)c(=O)c1Cl)C1CCOC1.